The Bertz CT molecular complexity index is 524. The van der Waals surface area contributed by atoms with Crippen molar-refractivity contribution in [2.45, 2.75) is 13.0 Å². The molecule has 0 amide bonds. The van der Waals surface area contributed by atoms with E-state index < -0.39 is 0 Å². The van der Waals surface area contributed by atoms with Gasteiger partial charge in [-0.15, -0.1) is 16.8 Å². The van der Waals surface area contributed by atoms with Crippen LogP contribution in [0.3, 0.4) is 0 Å². The van der Waals surface area contributed by atoms with Gasteiger partial charge in [0.25, 0.3) is 0 Å². The molecule has 0 bridgehead atoms. The Balaban J connectivity index is 2.02. The summed E-state index contributed by atoms with van der Waals surface area (Å²) in [5.41, 5.74) is 0.905. The number of halogens is 1. The molecular formula is C13H14BrN3O. The number of aromatic nitrogens is 2. The molecule has 2 rings (SSSR count). The Hall–Kier alpha value is -1.46. The molecule has 4 nitrogen and oxygen atoms in total. The van der Waals surface area contributed by atoms with Crippen LogP contribution in [0.2, 0.25) is 0 Å². The maximum absolute atomic E-state index is 5.59. The fraction of sp³-hybridized carbons (Fsp3) is 0.231. The molecule has 0 saturated carbocycles. The third-order valence-electron chi connectivity index (χ3n) is 2.37. The zero-order valence-electron chi connectivity index (χ0n) is 9.90. The van der Waals surface area contributed by atoms with Crippen LogP contribution in [0.15, 0.2) is 45.8 Å². The standard InChI is InChI=1S/C13H14BrN3O/c1-2-3-8-15-9-12-16-17-13(18-12)10-6-4-5-7-11(10)14/h2,4-7,15H,1,3,8-9H2. The van der Waals surface area contributed by atoms with E-state index in [1.54, 1.807) is 0 Å². The highest BCUT2D eigenvalue weighted by atomic mass is 79.9. The minimum atomic E-state index is 0.531. The lowest BCUT2D eigenvalue weighted by Crippen LogP contribution is -2.14. The molecule has 0 unspecified atom stereocenters. The Labute approximate surface area is 114 Å². The summed E-state index contributed by atoms with van der Waals surface area (Å²) in [5.74, 6) is 1.12. The SMILES string of the molecule is C=CCCNCc1nnc(-c2ccccc2Br)o1. The van der Waals surface area contributed by atoms with E-state index in [1.165, 1.54) is 0 Å². The van der Waals surface area contributed by atoms with E-state index in [9.17, 15) is 0 Å². The molecule has 1 heterocycles. The third-order valence-corrected chi connectivity index (χ3v) is 3.06. The normalized spacial score (nSPS) is 10.5. The van der Waals surface area contributed by atoms with Crippen molar-refractivity contribution in [2.24, 2.45) is 0 Å². The Morgan fingerprint density at radius 3 is 2.94 bits per heavy atom. The van der Waals surface area contributed by atoms with Crippen molar-refractivity contribution in [1.82, 2.24) is 15.5 Å². The van der Waals surface area contributed by atoms with Crippen LogP contribution in [-0.2, 0) is 6.54 Å². The van der Waals surface area contributed by atoms with E-state index in [-0.39, 0.29) is 0 Å². The monoisotopic (exact) mass is 307 g/mol. The summed E-state index contributed by atoms with van der Waals surface area (Å²) >= 11 is 3.46. The van der Waals surface area contributed by atoms with Crippen molar-refractivity contribution in [3.63, 3.8) is 0 Å². The van der Waals surface area contributed by atoms with Gasteiger partial charge in [0.05, 0.1) is 12.1 Å². The molecule has 1 N–H and O–H groups in total. The van der Waals surface area contributed by atoms with Crippen LogP contribution in [0.25, 0.3) is 11.5 Å². The molecule has 1 aromatic heterocycles. The van der Waals surface area contributed by atoms with E-state index in [0.717, 1.165) is 23.0 Å². The van der Waals surface area contributed by atoms with Crippen LogP contribution in [0.4, 0.5) is 0 Å². The van der Waals surface area contributed by atoms with Crippen LogP contribution in [-0.4, -0.2) is 16.7 Å². The van der Waals surface area contributed by atoms with Crippen molar-refractivity contribution in [3.8, 4) is 11.5 Å². The lowest BCUT2D eigenvalue weighted by Gasteiger charge is -1.98. The van der Waals surface area contributed by atoms with Crippen molar-refractivity contribution in [1.29, 1.82) is 0 Å². The first-order valence-electron chi connectivity index (χ1n) is 5.70. The molecule has 1 aromatic carbocycles. The molecule has 0 radical (unpaired) electrons. The van der Waals surface area contributed by atoms with Gasteiger partial charge < -0.3 is 9.73 Å². The van der Waals surface area contributed by atoms with Crippen LogP contribution in [0.5, 0.6) is 0 Å². The van der Waals surface area contributed by atoms with Gasteiger partial charge in [-0.05, 0) is 41.0 Å². The largest absolute Gasteiger partial charge is 0.419 e. The van der Waals surface area contributed by atoms with Crippen LogP contribution in [0, 0.1) is 0 Å². The first kappa shape index (κ1) is 13.0. The second-order valence-corrected chi connectivity index (χ2v) is 4.59. The summed E-state index contributed by atoms with van der Waals surface area (Å²) in [7, 11) is 0. The topological polar surface area (TPSA) is 51.0 Å². The van der Waals surface area contributed by atoms with Gasteiger partial charge in [0, 0.05) is 4.47 Å². The summed E-state index contributed by atoms with van der Waals surface area (Å²) < 4.78 is 6.53. The maximum atomic E-state index is 5.59. The van der Waals surface area contributed by atoms with Crippen LogP contribution >= 0.6 is 15.9 Å². The molecule has 0 saturated heterocycles. The van der Waals surface area contributed by atoms with Gasteiger partial charge in [0.15, 0.2) is 0 Å². The molecule has 0 aliphatic carbocycles. The molecule has 18 heavy (non-hydrogen) atoms. The number of benzene rings is 1. The van der Waals surface area contributed by atoms with Crippen molar-refractivity contribution in [3.05, 3.63) is 47.3 Å². The van der Waals surface area contributed by atoms with Gasteiger partial charge in [0.1, 0.15) is 0 Å². The van der Waals surface area contributed by atoms with Crippen LogP contribution < -0.4 is 5.32 Å². The summed E-state index contributed by atoms with van der Waals surface area (Å²) in [5, 5.41) is 11.2. The van der Waals surface area contributed by atoms with Gasteiger partial charge in [-0.3, -0.25) is 0 Å². The van der Waals surface area contributed by atoms with E-state index >= 15 is 0 Å². The van der Waals surface area contributed by atoms with Crippen molar-refractivity contribution in [2.75, 3.05) is 6.54 Å². The minimum Gasteiger partial charge on any atom is -0.419 e. The lowest BCUT2D eigenvalue weighted by atomic mass is 10.2. The van der Waals surface area contributed by atoms with Gasteiger partial charge in [-0.25, -0.2) is 0 Å². The minimum absolute atomic E-state index is 0.531. The van der Waals surface area contributed by atoms with E-state index in [2.05, 4.69) is 38.0 Å². The molecular weight excluding hydrogens is 294 g/mol. The predicted octanol–water partition coefficient (Wildman–Crippen LogP) is 3.16. The second-order valence-electron chi connectivity index (χ2n) is 3.73. The molecule has 2 aromatic rings. The lowest BCUT2D eigenvalue weighted by molar-refractivity contribution is 0.479. The first-order valence-corrected chi connectivity index (χ1v) is 6.49. The molecule has 0 aliphatic rings. The zero-order valence-corrected chi connectivity index (χ0v) is 11.5. The Morgan fingerprint density at radius 1 is 1.33 bits per heavy atom. The number of hydrogen-bond donors (Lipinski definition) is 1. The summed E-state index contributed by atoms with van der Waals surface area (Å²) in [6.07, 6.45) is 2.79. The van der Waals surface area contributed by atoms with E-state index in [1.807, 2.05) is 30.3 Å². The summed E-state index contributed by atoms with van der Waals surface area (Å²) in [4.78, 5) is 0. The molecule has 5 heteroatoms. The van der Waals surface area contributed by atoms with Gasteiger partial charge in [-0.1, -0.05) is 18.2 Å². The molecule has 0 fully saturated rings. The highest BCUT2D eigenvalue weighted by Crippen LogP contribution is 2.26. The second kappa shape index (κ2) is 6.47. The molecule has 0 aliphatic heterocycles. The zero-order chi connectivity index (χ0) is 12.8. The molecule has 0 spiro atoms. The first-order chi connectivity index (χ1) is 8.81. The Morgan fingerprint density at radius 2 is 2.17 bits per heavy atom. The maximum Gasteiger partial charge on any atom is 0.248 e. The highest BCUT2D eigenvalue weighted by Gasteiger charge is 2.10. The van der Waals surface area contributed by atoms with Crippen molar-refractivity contribution >= 4 is 15.9 Å². The van der Waals surface area contributed by atoms with Crippen molar-refractivity contribution < 1.29 is 4.42 Å². The van der Waals surface area contributed by atoms with Crippen LogP contribution in [0.1, 0.15) is 12.3 Å². The number of nitrogens with zero attached hydrogens (tertiary/aromatic N) is 2. The summed E-state index contributed by atoms with van der Waals surface area (Å²) in [6, 6.07) is 7.77. The fourth-order valence-corrected chi connectivity index (χ4v) is 1.92. The fourth-order valence-electron chi connectivity index (χ4n) is 1.47. The van der Waals surface area contributed by atoms with Gasteiger partial charge in [0.2, 0.25) is 11.8 Å². The number of nitrogens with one attached hydrogen (secondary N) is 1. The molecule has 94 valence electrons. The van der Waals surface area contributed by atoms with E-state index in [0.29, 0.717) is 18.3 Å². The predicted molar refractivity (Wildman–Crippen MR) is 74.0 cm³/mol. The summed E-state index contributed by atoms with van der Waals surface area (Å²) in [6.45, 7) is 5.09. The quantitative estimate of drug-likeness (QED) is 0.658. The average molecular weight is 308 g/mol. The average Bonchev–Trinajstić information content (AvgIpc) is 2.84. The molecule has 0 atom stereocenters. The van der Waals surface area contributed by atoms with E-state index in [4.69, 9.17) is 4.42 Å². The Kier molecular flexibility index (Phi) is 4.66. The number of hydrogen-bond acceptors (Lipinski definition) is 4. The smallest absolute Gasteiger partial charge is 0.248 e. The van der Waals surface area contributed by atoms with Gasteiger partial charge in [-0.2, -0.15) is 0 Å². The number of rotatable bonds is 6. The third kappa shape index (κ3) is 3.27. The van der Waals surface area contributed by atoms with Gasteiger partial charge >= 0.3 is 0 Å². The highest BCUT2D eigenvalue weighted by molar-refractivity contribution is 9.10.